The molecule has 0 heterocycles. The number of carbonyl (C=O) groups excluding carboxylic acids is 1. The normalized spacial score (nSPS) is 12.3. The van der Waals surface area contributed by atoms with Gasteiger partial charge in [-0.1, -0.05) is 37.3 Å². The van der Waals surface area contributed by atoms with Crippen LogP contribution < -0.4 is 14.4 Å². The molecule has 0 aliphatic heterocycles. The maximum absolute atomic E-state index is 12.6. The van der Waals surface area contributed by atoms with Gasteiger partial charge in [-0.25, -0.2) is 8.42 Å². The first-order valence-electron chi connectivity index (χ1n) is 8.84. The van der Waals surface area contributed by atoms with Crippen LogP contribution in [-0.4, -0.2) is 39.8 Å². The number of benzene rings is 2. The lowest BCUT2D eigenvalue weighted by Crippen LogP contribution is -2.49. The number of sulfonamides is 1. The number of nitrogens with zero attached hydrogens (tertiary/aromatic N) is 1. The molecule has 1 N–H and O–H groups in total. The van der Waals surface area contributed by atoms with Gasteiger partial charge in [-0.2, -0.15) is 0 Å². The lowest BCUT2D eigenvalue weighted by Gasteiger charge is -2.30. The van der Waals surface area contributed by atoms with Crippen LogP contribution in [0.3, 0.4) is 0 Å². The van der Waals surface area contributed by atoms with E-state index in [9.17, 15) is 13.2 Å². The van der Waals surface area contributed by atoms with E-state index in [4.69, 9.17) is 4.74 Å². The molecule has 7 heteroatoms. The van der Waals surface area contributed by atoms with Gasteiger partial charge in [-0.15, -0.1) is 0 Å². The fraction of sp³-hybridized carbons (Fsp3) is 0.350. The smallest absolute Gasteiger partial charge is 0.244 e. The molecule has 2 aromatic rings. The van der Waals surface area contributed by atoms with Gasteiger partial charge < -0.3 is 10.1 Å². The molecule has 1 atom stereocenters. The molecule has 6 nitrogen and oxygen atoms in total. The van der Waals surface area contributed by atoms with Crippen LogP contribution in [0.4, 0.5) is 5.69 Å². The van der Waals surface area contributed by atoms with Crippen molar-refractivity contribution in [1.82, 2.24) is 5.32 Å². The summed E-state index contributed by atoms with van der Waals surface area (Å²) < 4.78 is 31.4. The van der Waals surface area contributed by atoms with E-state index in [1.807, 2.05) is 31.2 Å². The van der Waals surface area contributed by atoms with Gasteiger partial charge in [0, 0.05) is 0 Å². The molecule has 2 rings (SSSR count). The molecule has 1 amide bonds. The topological polar surface area (TPSA) is 75.7 Å². The molecular weight excluding hydrogens is 364 g/mol. The number of ether oxygens (including phenoxy) is 1. The minimum Gasteiger partial charge on any atom is -0.492 e. The number of hydrogen-bond acceptors (Lipinski definition) is 4. The number of hydrogen-bond donors (Lipinski definition) is 1. The summed E-state index contributed by atoms with van der Waals surface area (Å²) in [5.74, 6) is 0.387. The monoisotopic (exact) mass is 390 g/mol. The maximum atomic E-state index is 12.6. The van der Waals surface area contributed by atoms with Crippen molar-refractivity contribution in [3.8, 4) is 5.75 Å². The van der Waals surface area contributed by atoms with E-state index in [1.165, 1.54) is 4.31 Å². The second kappa shape index (κ2) is 9.41. The van der Waals surface area contributed by atoms with Gasteiger partial charge in [0.2, 0.25) is 15.9 Å². The summed E-state index contributed by atoms with van der Waals surface area (Å²) in [5, 5.41) is 2.77. The summed E-state index contributed by atoms with van der Waals surface area (Å²) in [6.07, 6.45) is 1.46. The molecule has 0 unspecified atom stereocenters. The van der Waals surface area contributed by atoms with Gasteiger partial charge in [0.1, 0.15) is 18.4 Å². The van der Waals surface area contributed by atoms with Gasteiger partial charge in [0.15, 0.2) is 0 Å². The third-order valence-electron chi connectivity index (χ3n) is 4.00. The van der Waals surface area contributed by atoms with E-state index in [1.54, 1.807) is 37.3 Å². The van der Waals surface area contributed by atoms with Crippen molar-refractivity contribution >= 4 is 21.6 Å². The highest BCUT2D eigenvalue weighted by Crippen LogP contribution is 2.22. The molecule has 0 aliphatic carbocycles. The average molecular weight is 391 g/mol. The molecule has 0 aromatic heterocycles. The highest BCUT2D eigenvalue weighted by atomic mass is 32.2. The second-order valence-electron chi connectivity index (χ2n) is 6.27. The zero-order valence-corrected chi connectivity index (χ0v) is 16.7. The van der Waals surface area contributed by atoms with E-state index >= 15 is 0 Å². The minimum atomic E-state index is -3.61. The summed E-state index contributed by atoms with van der Waals surface area (Å²) in [7, 11) is -3.61. The molecule has 0 radical (unpaired) electrons. The molecule has 0 bridgehead atoms. The molecular formula is C20H26N2O4S. The third-order valence-corrected chi connectivity index (χ3v) is 5.18. The summed E-state index contributed by atoms with van der Waals surface area (Å²) in [6, 6.07) is 15.5. The number of aryl methyl sites for hydroxylation is 1. The van der Waals surface area contributed by atoms with Crippen LogP contribution in [0, 0.1) is 6.92 Å². The van der Waals surface area contributed by atoms with Crippen molar-refractivity contribution < 1.29 is 17.9 Å². The van der Waals surface area contributed by atoms with Crippen LogP contribution in [0.5, 0.6) is 5.75 Å². The van der Waals surface area contributed by atoms with Gasteiger partial charge >= 0.3 is 0 Å². The van der Waals surface area contributed by atoms with Crippen molar-refractivity contribution in [2.24, 2.45) is 0 Å². The fourth-order valence-electron chi connectivity index (χ4n) is 2.80. The van der Waals surface area contributed by atoms with E-state index in [0.717, 1.165) is 17.6 Å². The first-order valence-corrected chi connectivity index (χ1v) is 10.7. The predicted octanol–water partition coefficient (Wildman–Crippen LogP) is 2.73. The zero-order valence-electron chi connectivity index (χ0n) is 15.9. The van der Waals surface area contributed by atoms with Crippen LogP contribution in [-0.2, 0) is 14.8 Å². The number of carbonyl (C=O) groups is 1. The summed E-state index contributed by atoms with van der Waals surface area (Å²) in [5.41, 5.74) is 1.56. The summed E-state index contributed by atoms with van der Waals surface area (Å²) in [4.78, 5) is 12.6. The standard InChI is InChI=1S/C20H26N2O4S/c1-4-19(22(27(3,24)25)17-10-6-5-7-11-17)20(23)21-13-14-26-18-12-8-9-16(2)15-18/h5-12,15,19H,4,13-14H2,1-3H3,(H,21,23)/t19-/m1/s1. The van der Waals surface area contributed by atoms with Crippen molar-refractivity contribution in [2.75, 3.05) is 23.7 Å². The fourth-order valence-corrected chi connectivity index (χ4v) is 4.01. The molecule has 0 spiro atoms. The third kappa shape index (κ3) is 5.99. The number of rotatable bonds is 9. The van der Waals surface area contributed by atoms with E-state index in [2.05, 4.69) is 5.32 Å². The Hall–Kier alpha value is -2.54. The van der Waals surface area contributed by atoms with Crippen molar-refractivity contribution in [3.63, 3.8) is 0 Å². The Labute approximate surface area is 161 Å². The first-order chi connectivity index (χ1) is 12.8. The number of anilines is 1. The Bertz CT molecular complexity index is 853. The van der Waals surface area contributed by atoms with Gasteiger partial charge in [0.05, 0.1) is 18.5 Å². The van der Waals surface area contributed by atoms with Crippen LogP contribution in [0.2, 0.25) is 0 Å². The summed E-state index contributed by atoms with van der Waals surface area (Å²) >= 11 is 0. The number of amides is 1. The highest BCUT2D eigenvalue weighted by molar-refractivity contribution is 7.92. The van der Waals surface area contributed by atoms with Crippen molar-refractivity contribution in [2.45, 2.75) is 26.3 Å². The first kappa shape index (κ1) is 20.8. The SMILES string of the molecule is CC[C@H](C(=O)NCCOc1cccc(C)c1)N(c1ccccc1)S(C)(=O)=O. The van der Waals surface area contributed by atoms with E-state index in [-0.39, 0.29) is 12.5 Å². The minimum absolute atomic E-state index is 0.287. The molecule has 0 aliphatic rings. The number of para-hydroxylation sites is 1. The molecule has 0 fully saturated rings. The van der Waals surface area contributed by atoms with Gasteiger partial charge in [-0.3, -0.25) is 9.10 Å². The van der Waals surface area contributed by atoms with Crippen molar-refractivity contribution in [1.29, 1.82) is 0 Å². The van der Waals surface area contributed by atoms with Crippen molar-refractivity contribution in [3.05, 3.63) is 60.2 Å². The van der Waals surface area contributed by atoms with E-state index in [0.29, 0.717) is 18.7 Å². The molecule has 27 heavy (non-hydrogen) atoms. The second-order valence-corrected chi connectivity index (χ2v) is 8.13. The van der Waals surface area contributed by atoms with Crippen LogP contribution in [0.1, 0.15) is 18.9 Å². The maximum Gasteiger partial charge on any atom is 0.244 e. The Morgan fingerprint density at radius 3 is 2.44 bits per heavy atom. The predicted molar refractivity (Wildman–Crippen MR) is 108 cm³/mol. The largest absolute Gasteiger partial charge is 0.492 e. The Morgan fingerprint density at radius 1 is 1.15 bits per heavy atom. The van der Waals surface area contributed by atoms with Gasteiger partial charge in [0.25, 0.3) is 0 Å². The highest BCUT2D eigenvalue weighted by Gasteiger charge is 2.31. The zero-order chi connectivity index (χ0) is 19.9. The average Bonchev–Trinajstić information content (AvgIpc) is 2.62. The quantitative estimate of drug-likeness (QED) is 0.668. The molecule has 146 valence electrons. The summed E-state index contributed by atoms with van der Waals surface area (Å²) in [6.45, 7) is 4.35. The number of nitrogens with one attached hydrogen (secondary N) is 1. The van der Waals surface area contributed by atoms with Crippen LogP contribution >= 0.6 is 0 Å². The Kier molecular flexibility index (Phi) is 7.24. The van der Waals surface area contributed by atoms with Gasteiger partial charge in [-0.05, 0) is 43.2 Å². The van der Waals surface area contributed by atoms with Crippen LogP contribution in [0.15, 0.2) is 54.6 Å². The lowest BCUT2D eigenvalue weighted by molar-refractivity contribution is -0.122. The van der Waals surface area contributed by atoms with Crippen LogP contribution in [0.25, 0.3) is 0 Å². The lowest BCUT2D eigenvalue weighted by atomic mass is 10.2. The molecule has 0 saturated heterocycles. The van der Waals surface area contributed by atoms with E-state index < -0.39 is 16.1 Å². The molecule has 0 saturated carbocycles. The molecule has 2 aromatic carbocycles. The Balaban J connectivity index is 2.01. The Morgan fingerprint density at radius 2 is 1.85 bits per heavy atom.